The molecule has 26 heavy (non-hydrogen) atoms. The standard InChI is InChI=1S/C18H26N4O3S/c1-14-5-7-16(8-6-14)26(23,24)22-9-10-25-17(13-20(2)3)18(22)15-11-19-21(4)12-15/h5-8,11-12,17-18H,9-10,13H2,1-4H3/t17-,18-/m0/s1. The van der Waals surface area contributed by atoms with Gasteiger partial charge in [0.05, 0.1) is 29.8 Å². The van der Waals surface area contributed by atoms with Gasteiger partial charge in [-0.25, -0.2) is 8.42 Å². The Hall–Kier alpha value is -1.74. The number of morpholine rings is 1. The fourth-order valence-electron chi connectivity index (χ4n) is 3.31. The van der Waals surface area contributed by atoms with Crippen LogP contribution >= 0.6 is 0 Å². The SMILES string of the molecule is Cc1ccc(S(=O)(=O)N2CCO[C@@H](CN(C)C)[C@@H]2c2cnn(C)c2)cc1. The Morgan fingerprint density at radius 1 is 1.27 bits per heavy atom. The molecule has 2 heterocycles. The fraction of sp³-hybridized carbons (Fsp3) is 0.500. The summed E-state index contributed by atoms with van der Waals surface area (Å²) in [5.74, 6) is 0. The summed E-state index contributed by atoms with van der Waals surface area (Å²) < 4.78 is 35.9. The molecule has 0 bridgehead atoms. The van der Waals surface area contributed by atoms with E-state index in [0.717, 1.165) is 11.1 Å². The second kappa shape index (κ2) is 7.48. The van der Waals surface area contributed by atoms with E-state index >= 15 is 0 Å². The highest BCUT2D eigenvalue weighted by molar-refractivity contribution is 7.89. The molecule has 2 atom stereocenters. The first-order valence-electron chi connectivity index (χ1n) is 8.62. The molecule has 0 amide bonds. The number of hydrogen-bond donors (Lipinski definition) is 0. The number of likely N-dealkylation sites (N-methyl/N-ethyl adjacent to an activating group) is 1. The van der Waals surface area contributed by atoms with Crippen molar-refractivity contribution in [3.8, 4) is 0 Å². The average molecular weight is 378 g/mol. The van der Waals surface area contributed by atoms with Crippen molar-refractivity contribution in [3.63, 3.8) is 0 Å². The first-order chi connectivity index (χ1) is 12.3. The highest BCUT2D eigenvalue weighted by atomic mass is 32.2. The van der Waals surface area contributed by atoms with Gasteiger partial charge in [-0.1, -0.05) is 17.7 Å². The van der Waals surface area contributed by atoms with Gasteiger partial charge in [0.1, 0.15) is 0 Å². The van der Waals surface area contributed by atoms with Gasteiger partial charge in [-0.2, -0.15) is 9.40 Å². The molecule has 142 valence electrons. The Bertz CT molecular complexity index is 846. The molecular formula is C18H26N4O3S. The number of nitrogens with zero attached hydrogens (tertiary/aromatic N) is 4. The Morgan fingerprint density at radius 2 is 1.96 bits per heavy atom. The minimum Gasteiger partial charge on any atom is -0.373 e. The first-order valence-corrected chi connectivity index (χ1v) is 10.1. The molecule has 0 radical (unpaired) electrons. The topological polar surface area (TPSA) is 67.7 Å². The molecule has 0 aliphatic carbocycles. The third-order valence-corrected chi connectivity index (χ3v) is 6.44. The van der Waals surface area contributed by atoms with Gasteiger partial charge in [0.2, 0.25) is 10.0 Å². The molecule has 0 spiro atoms. The second-order valence-corrected chi connectivity index (χ2v) is 8.88. The zero-order valence-electron chi connectivity index (χ0n) is 15.7. The van der Waals surface area contributed by atoms with Gasteiger partial charge in [0.25, 0.3) is 0 Å². The molecule has 1 aliphatic heterocycles. The summed E-state index contributed by atoms with van der Waals surface area (Å²) in [7, 11) is 2.10. The minimum absolute atomic E-state index is 0.261. The smallest absolute Gasteiger partial charge is 0.243 e. The Balaban J connectivity index is 2.03. The third-order valence-electron chi connectivity index (χ3n) is 4.55. The first kappa shape index (κ1) is 19.0. The van der Waals surface area contributed by atoms with Crippen molar-refractivity contribution in [2.75, 3.05) is 33.8 Å². The van der Waals surface area contributed by atoms with Crippen LogP contribution < -0.4 is 0 Å². The second-order valence-electron chi connectivity index (χ2n) is 6.99. The minimum atomic E-state index is -3.64. The van der Waals surface area contributed by atoms with Crippen LogP contribution in [-0.2, 0) is 21.8 Å². The molecule has 1 aromatic heterocycles. The van der Waals surface area contributed by atoms with Crippen LogP contribution in [0.15, 0.2) is 41.6 Å². The number of ether oxygens (including phenoxy) is 1. The van der Waals surface area contributed by atoms with E-state index < -0.39 is 16.1 Å². The van der Waals surface area contributed by atoms with Crippen molar-refractivity contribution in [2.24, 2.45) is 7.05 Å². The number of sulfonamides is 1. The highest BCUT2D eigenvalue weighted by Gasteiger charge is 2.41. The lowest BCUT2D eigenvalue weighted by atomic mass is 10.0. The maximum atomic E-state index is 13.3. The molecule has 1 aliphatic rings. The molecular weight excluding hydrogens is 352 g/mol. The van der Waals surface area contributed by atoms with Crippen LogP contribution in [0.2, 0.25) is 0 Å². The van der Waals surface area contributed by atoms with E-state index in [1.165, 1.54) is 0 Å². The average Bonchev–Trinajstić information content (AvgIpc) is 3.00. The van der Waals surface area contributed by atoms with Gasteiger partial charge in [-0.3, -0.25) is 4.68 Å². The number of aromatic nitrogens is 2. The molecule has 8 heteroatoms. The van der Waals surface area contributed by atoms with Crippen molar-refractivity contribution in [1.29, 1.82) is 0 Å². The molecule has 2 aromatic rings. The number of hydrogen-bond acceptors (Lipinski definition) is 5. The largest absolute Gasteiger partial charge is 0.373 e. The number of aryl methyl sites for hydroxylation is 2. The van der Waals surface area contributed by atoms with E-state index in [2.05, 4.69) is 5.10 Å². The monoisotopic (exact) mass is 378 g/mol. The van der Waals surface area contributed by atoms with Gasteiger partial charge in [-0.15, -0.1) is 0 Å². The lowest BCUT2D eigenvalue weighted by Gasteiger charge is -2.40. The molecule has 0 N–H and O–H groups in total. The van der Waals surface area contributed by atoms with Crippen molar-refractivity contribution in [2.45, 2.75) is 24.0 Å². The highest BCUT2D eigenvalue weighted by Crippen LogP contribution is 2.34. The van der Waals surface area contributed by atoms with E-state index in [1.54, 1.807) is 27.3 Å². The summed E-state index contributed by atoms with van der Waals surface area (Å²) in [6.07, 6.45) is 3.32. The van der Waals surface area contributed by atoms with Gasteiger partial charge >= 0.3 is 0 Å². The maximum Gasteiger partial charge on any atom is 0.243 e. The quantitative estimate of drug-likeness (QED) is 0.787. The maximum absolute atomic E-state index is 13.3. The molecule has 3 rings (SSSR count). The van der Waals surface area contributed by atoms with Crippen LogP contribution in [0.4, 0.5) is 0 Å². The van der Waals surface area contributed by atoms with E-state index in [1.807, 2.05) is 51.3 Å². The van der Waals surface area contributed by atoms with Crippen LogP contribution in [0, 0.1) is 6.92 Å². The van der Waals surface area contributed by atoms with E-state index in [4.69, 9.17) is 4.74 Å². The van der Waals surface area contributed by atoms with Crippen LogP contribution in [-0.4, -0.2) is 67.3 Å². The molecule has 1 aromatic carbocycles. The lowest BCUT2D eigenvalue weighted by molar-refractivity contribution is -0.0514. The Labute approximate surface area is 155 Å². The number of rotatable bonds is 5. The molecule has 0 saturated carbocycles. The van der Waals surface area contributed by atoms with Gasteiger partial charge in [0.15, 0.2) is 0 Å². The zero-order valence-corrected chi connectivity index (χ0v) is 16.5. The third kappa shape index (κ3) is 3.83. The normalized spacial score (nSPS) is 22.0. The lowest BCUT2D eigenvalue weighted by Crippen LogP contribution is -2.50. The summed E-state index contributed by atoms with van der Waals surface area (Å²) in [6, 6.07) is 6.57. The summed E-state index contributed by atoms with van der Waals surface area (Å²) in [4.78, 5) is 2.32. The molecule has 7 nitrogen and oxygen atoms in total. The fourth-order valence-corrected chi connectivity index (χ4v) is 4.93. The van der Waals surface area contributed by atoms with Crippen molar-refractivity contribution in [3.05, 3.63) is 47.8 Å². The zero-order chi connectivity index (χ0) is 18.9. The van der Waals surface area contributed by atoms with E-state index in [9.17, 15) is 8.42 Å². The van der Waals surface area contributed by atoms with Crippen LogP contribution in [0.1, 0.15) is 17.2 Å². The van der Waals surface area contributed by atoms with Gasteiger partial charge in [-0.05, 0) is 33.2 Å². The molecule has 1 fully saturated rings. The van der Waals surface area contributed by atoms with Crippen LogP contribution in [0.5, 0.6) is 0 Å². The van der Waals surface area contributed by atoms with Gasteiger partial charge < -0.3 is 9.64 Å². The van der Waals surface area contributed by atoms with Crippen molar-refractivity contribution in [1.82, 2.24) is 19.0 Å². The van der Waals surface area contributed by atoms with E-state index in [-0.39, 0.29) is 6.10 Å². The Morgan fingerprint density at radius 3 is 2.54 bits per heavy atom. The van der Waals surface area contributed by atoms with Crippen molar-refractivity contribution < 1.29 is 13.2 Å². The summed E-state index contributed by atoms with van der Waals surface area (Å²) in [5.41, 5.74) is 1.87. The van der Waals surface area contributed by atoms with Crippen LogP contribution in [0.25, 0.3) is 0 Å². The van der Waals surface area contributed by atoms with Crippen LogP contribution in [0.3, 0.4) is 0 Å². The molecule has 1 saturated heterocycles. The summed E-state index contributed by atoms with van der Waals surface area (Å²) >= 11 is 0. The number of benzene rings is 1. The van der Waals surface area contributed by atoms with E-state index in [0.29, 0.717) is 24.6 Å². The molecule has 0 unspecified atom stereocenters. The predicted molar refractivity (Wildman–Crippen MR) is 99.3 cm³/mol. The van der Waals surface area contributed by atoms with Gasteiger partial charge in [0, 0.05) is 31.9 Å². The van der Waals surface area contributed by atoms with Crippen molar-refractivity contribution >= 4 is 10.0 Å². The predicted octanol–water partition coefficient (Wildman–Crippen LogP) is 1.42. The Kier molecular flexibility index (Phi) is 5.47. The summed E-state index contributed by atoms with van der Waals surface area (Å²) in [6.45, 7) is 3.26. The summed E-state index contributed by atoms with van der Waals surface area (Å²) in [5, 5.41) is 4.23.